The van der Waals surface area contributed by atoms with Crippen molar-refractivity contribution in [2.45, 2.75) is 38.0 Å². The van der Waals surface area contributed by atoms with E-state index in [0.29, 0.717) is 23.8 Å². The number of carbonyl (C=O) groups is 1. The standard InChI is InChI=1S/C27H32N2O5S/c1-6-34-22-15-17-23(18-16-22)35(31,32)29(24-9-7-8-10-25(24)33-5)19-26(30)28-21-13-11-20(12-14-21)27(2,3)4/h7-18H,6,19H2,1-5H3,(H,28,30). The number of sulfonamides is 1. The summed E-state index contributed by atoms with van der Waals surface area (Å²) in [4.78, 5) is 13.1. The van der Waals surface area contributed by atoms with Crippen LogP contribution in [0.2, 0.25) is 0 Å². The molecule has 35 heavy (non-hydrogen) atoms. The van der Waals surface area contributed by atoms with Crippen LogP contribution in [-0.4, -0.2) is 34.6 Å². The highest BCUT2D eigenvalue weighted by Crippen LogP contribution is 2.33. The van der Waals surface area contributed by atoms with Crippen LogP contribution in [0.25, 0.3) is 0 Å². The van der Waals surface area contributed by atoms with Crippen molar-refractivity contribution in [1.29, 1.82) is 0 Å². The first-order valence-corrected chi connectivity index (χ1v) is 12.8. The third-order valence-corrected chi connectivity index (χ3v) is 7.17. The van der Waals surface area contributed by atoms with Gasteiger partial charge in [0.25, 0.3) is 10.0 Å². The van der Waals surface area contributed by atoms with Crippen molar-refractivity contribution in [3.05, 3.63) is 78.4 Å². The zero-order valence-corrected chi connectivity index (χ0v) is 21.6. The molecule has 0 aliphatic heterocycles. The van der Waals surface area contributed by atoms with Gasteiger partial charge in [-0.15, -0.1) is 0 Å². The lowest BCUT2D eigenvalue weighted by Crippen LogP contribution is -2.38. The normalized spacial score (nSPS) is 11.6. The molecule has 0 aliphatic carbocycles. The Kier molecular flexibility index (Phi) is 8.07. The Morgan fingerprint density at radius 3 is 2.14 bits per heavy atom. The summed E-state index contributed by atoms with van der Waals surface area (Å²) in [7, 11) is -2.64. The predicted octanol–water partition coefficient (Wildman–Crippen LogP) is 5.23. The smallest absolute Gasteiger partial charge is 0.264 e. The van der Waals surface area contributed by atoms with E-state index >= 15 is 0 Å². The van der Waals surface area contributed by atoms with Crippen LogP contribution < -0.4 is 19.1 Å². The second-order valence-electron chi connectivity index (χ2n) is 8.96. The number of ether oxygens (including phenoxy) is 2. The largest absolute Gasteiger partial charge is 0.495 e. The van der Waals surface area contributed by atoms with Gasteiger partial charge >= 0.3 is 0 Å². The second-order valence-corrected chi connectivity index (χ2v) is 10.8. The summed E-state index contributed by atoms with van der Waals surface area (Å²) in [5.41, 5.74) is 1.96. The van der Waals surface area contributed by atoms with Crippen molar-refractivity contribution in [3.63, 3.8) is 0 Å². The third kappa shape index (κ3) is 6.33. The third-order valence-electron chi connectivity index (χ3n) is 5.40. The molecule has 8 heteroatoms. The van der Waals surface area contributed by atoms with Crippen molar-refractivity contribution in [1.82, 2.24) is 0 Å². The van der Waals surface area contributed by atoms with Crippen molar-refractivity contribution >= 4 is 27.3 Å². The lowest BCUT2D eigenvalue weighted by molar-refractivity contribution is -0.114. The molecule has 0 saturated carbocycles. The maximum Gasteiger partial charge on any atom is 0.264 e. The van der Waals surface area contributed by atoms with Crippen LogP contribution in [-0.2, 0) is 20.2 Å². The Morgan fingerprint density at radius 1 is 0.943 bits per heavy atom. The molecular formula is C27H32N2O5S. The van der Waals surface area contributed by atoms with Gasteiger partial charge < -0.3 is 14.8 Å². The predicted molar refractivity (Wildman–Crippen MR) is 139 cm³/mol. The van der Waals surface area contributed by atoms with Crippen LogP contribution in [0.4, 0.5) is 11.4 Å². The Labute approximate surface area is 207 Å². The van der Waals surface area contributed by atoms with E-state index in [4.69, 9.17) is 9.47 Å². The van der Waals surface area contributed by atoms with Crippen LogP contribution in [0.1, 0.15) is 33.3 Å². The topological polar surface area (TPSA) is 84.9 Å². The van der Waals surface area contributed by atoms with Gasteiger partial charge in [-0.1, -0.05) is 45.0 Å². The second kappa shape index (κ2) is 10.8. The van der Waals surface area contributed by atoms with Gasteiger partial charge in [0.2, 0.25) is 5.91 Å². The number of nitrogens with one attached hydrogen (secondary N) is 1. The van der Waals surface area contributed by atoms with Gasteiger partial charge in [0.05, 0.1) is 24.3 Å². The van der Waals surface area contributed by atoms with Gasteiger partial charge in [0.15, 0.2) is 0 Å². The van der Waals surface area contributed by atoms with E-state index in [1.54, 1.807) is 36.4 Å². The molecule has 1 amide bonds. The van der Waals surface area contributed by atoms with Gasteiger partial charge in [-0.3, -0.25) is 9.10 Å². The number of rotatable bonds is 9. The number of carbonyl (C=O) groups excluding carboxylic acids is 1. The van der Waals surface area contributed by atoms with Gasteiger partial charge in [-0.25, -0.2) is 8.42 Å². The number of methoxy groups -OCH3 is 1. The fourth-order valence-corrected chi connectivity index (χ4v) is 4.95. The zero-order chi connectivity index (χ0) is 25.6. The molecule has 0 bridgehead atoms. The number of hydrogen-bond acceptors (Lipinski definition) is 5. The average Bonchev–Trinajstić information content (AvgIpc) is 2.83. The first-order valence-electron chi connectivity index (χ1n) is 11.3. The van der Waals surface area contributed by atoms with Crippen LogP contribution in [0.15, 0.2) is 77.7 Å². The van der Waals surface area contributed by atoms with Crippen molar-refractivity contribution in [2.75, 3.05) is 29.9 Å². The number of para-hydroxylation sites is 2. The summed E-state index contributed by atoms with van der Waals surface area (Å²) in [6.45, 7) is 8.21. The number of anilines is 2. The highest BCUT2D eigenvalue weighted by Gasteiger charge is 2.29. The fraction of sp³-hybridized carbons (Fsp3) is 0.296. The molecule has 0 aliphatic rings. The SMILES string of the molecule is CCOc1ccc(S(=O)(=O)N(CC(=O)Nc2ccc(C(C)(C)C)cc2)c2ccccc2OC)cc1. The summed E-state index contributed by atoms with van der Waals surface area (Å²) >= 11 is 0. The van der Waals surface area contributed by atoms with Crippen molar-refractivity contribution in [3.8, 4) is 11.5 Å². The number of hydrogen-bond donors (Lipinski definition) is 1. The summed E-state index contributed by atoms with van der Waals surface area (Å²) in [6.07, 6.45) is 0. The van der Waals surface area contributed by atoms with E-state index in [1.165, 1.54) is 19.2 Å². The Bertz CT molecular complexity index is 1250. The van der Waals surface area contributed by atoms with Gasteiger partial charge in [0.1, 0.15) is 18.0 Å². The molecule has 0 radical (unpaired) electrons. The van der Waals surface area contributed by atoms with Crippen LogP contribution in [0.3, 0.4) is 0 Å². The van der Waals surface area contributed by atoms with E-state index < -0.39 is 22.5 Å². The zero-order valence-electron chi connectivity index (χ0n) is 20.7. The van der Waals surface area contributed by atoms with Gasteiger partial charge in [-0.05, 0) is 66.4 Å². The minimum absolute atomic E-state index is 0.0189. The minimum Gasteiger partial charge on any atom is -0.495 e. The molecule has 186 valence electrons. The first kappa shape index (κ1) is 26.1. The Morgan fingerprint density at radius 2 is 1.57 bits per heavy atom. The maximum atomic E-state index is 13.7. The molecule has 0 unspecified atom stereocenters. The van der Waals surface area contributed by atoms with E-state index in [1.807, 2.05) is 31.2 Å². The molecule has 0 atom stereocenters. The van der Waals surface area contributed by atoms with E-state index in [9.17, 15) is 13.2 Å². The van der Waals surface area contributed by atoms with Gasteiger partial charge in [-0.2, -0.15) is 0 Å². The van der Waals surface area contributed by atoms with E-state index in [-0.39, 0.29) is 16.0 Å². The molecule has 0 heterocycles. The average molecular weight is 497 g/mol. The Hall–Kier alpha value is -3.52. The molecule has 1 N–H and O–H groups in total. The molecule has 3 rings (SSSR count). The highest BCUT2D eigenvalue weighted by atomic mass is 32.2. The fourth-order valence-electron chi connectivity index (χ4n) is 3.52. The lowest BCUT2D eigenvalue weighted by Gasteiger charge is -2.26. The molecule has 0 spiro atoms. The molecular weight excluding hydrogens is 464 g/mol. The first-order chi connectivity index (χ1) is 16.6. The lowest BCUT2D eigenvalue weighted by atomic mass is 9.87. The summed E-state index contributed by atoms with van der Waals surface area (Å²) in [5, 5.41) is 2.80. The maximum absolute atomic E-state index is 13.7. The van der Waals surface area contributed by atoms with Gasteiger partial charge in [0, 0.05) is 5.69 Å². The van der Waals surface area contributed by atoms with Crippen LogP contribution in [0, 0.1) is 0 Å². The molecule has 3 aromatic rings. The summed E-state index contributed by atoms with van der Waals surface area (Å²) in [6, 6.07) is 20.3. The highest BCUT2D eigenvalue weighted by molar-refractivity contribution is 7.92. The summed E-state index contributed by atoms with van der Waals surface area (Å²) in [5.74, 6) is 0.421. The molecule has 7 nitrogen and oxygen atoms in total. The van der Waals surface area contributed by atoms with E-state index in [2.05, 4.69) is 26.1 Å². The Balaban J connectivity index is 1.92. The van der Waals surface area contributed by atoms with Crippen molar-refractivity contribution in [2.24, 2.45) is 0 Å². The minimum atomic E-state index is -4.09. The quantitative estimate of drug-likeness (QED) is 0.439. The molecule has 0 fully saturated rings. The molecule has 3 aromatic carbocycles. The number of amides is 1. The molecule has 0 saturated heterocycles. The van der Waals surface area contributed by atoms with Crippen molar-refractivity contribution < 1.29 is 22.7 Å². The number of benzene rings is 3. The monoisotopic (exact) mass is 496 g/mol. The van der Waals surface area contributed by atoms with Crippen LogP contribution >= 0.6 is 0 Å². The van der Waals surface area contributed by atoms with E-state index in [0.717, 1.165) is 9.87 Å². The summed E-state index contributed by atoms with van der Waals surface area (Å²) < 4.78 is 39.2. The number of nitrogens with zero attached hydrogens (tertiary/aromatic N) is 1. The van der Waals surface area contributed by atoms with Crippen LogP contribution in [0.5, 0.6) is 11.5 Å². The molecule has 0 aromatic heterocycles.